The molecule has 9 rings (SSSR count). The van der Waals surface area contributed by atoms with Crippen molar-refractivity contribution in [2.45, 2.75) is 38.0 Å². The van der Waals surface area contributed by atoms with Gasteiger partial charge in [-0.3, -0.25) is 4.98 Å². The van der Waals surface area contributed by atoms with Crippen LogP contribution in [0.3, 0.4) is 0 Å². The number of nitrogens with zero attached hydrogens (tertiary/aromatic N) is 3. The van der Waals surface area contributed by atoms with E-state index in [-0.39, 0.29) is 20.1 Å². The van der Waals surface area contributed by atoms with Crippen LogP contribution in [0.25, 0.3) is 72.4 Å². The molecular formula is C48H39F2GeIrN3O-2. The van der Waals surface area contributed by atoms with Crippen molar-refractivity contribution in [3.63, 3.8) is 0 Å². The van der Waals surface area contributed by atoms with E-state index < -0.39 is 24.9 Å². The number of pyridine rings is 1. The Labute approximate surface area is 342 Å². The summed E-state index contributed by atoms with van der Waals surface area (Å²) >= 11 is -1.72. The van der Waals surface area contributed by atoms with Gasteiger partial charge in [0.05, 0.1) is 22.4 Å². The van der Waals surface area contributed by atoms with E-state index in [4.69, 9.17) is 9.40 Å². The van der Waals surface area contributed by atoms with Gasteiger partial charge in [0.1, 0.15) is 17.2 Å². The molecule has 0 saturated carbocycles. The molecule has 0 amide bonds. The topological polar surface area (TPSA) is 43.9 Å². The number of aromatic nitrogens is 3. The molecule has 0 aliphatic rings. The number of hydrogen-bond donors (Lipinski definition) is 0. The summed E-state index contributed by atoms with van der Waals surface area (Å²) in [6.45, 7) is 6.33. The molecule has 4 nitrogen and oxygen atoms in total. The van der Waals surface area contributed by atoms with Crippen LogP contribution in [-0.2, 0) is 20.1 Å². The second-order valence-electron chi connectivity index (χ2n) is 15.0. The number of halogens is 2. The first kappa shape index (κ1) is 39.0. The van der Waals surface area contributed by atoms with E-state index in [1.54, 1.807) is 0 Å². The number of aryl methyl sites for hydroxylation is 3. The molecule has 8 heteroatoms. The predicted molar refractivity (Wildman–Crippen MR) is 224 cm³/mol. The average Bonchev–Trinajstić information content (AvgIpc) is 3.73. The molecule has 3 aromatic heterocycles. The van der Waals surface area contributed by atoms with Crippen LogP contribution >= 0.6 is 0 Å². The average molecular weight is 977 g/mol. The van der Waals surface area contributed by atoms with Gasteiger partial charge < -0.3 is 8.98 Å². The van der Waals surface area contributed by atoms with Gasteiger partial charge in [-0.15, -0.1) is 18.2 Å². The van der Waals surface area contributed by atoms with Gasteiger partial charge in [-0.05, 0) is 73.4 Å². The standard InChI is InChI=1S/C34H23F2N2O.C14H16GeN.Ir/c1-19-14-20(2)32(21(3)15-19)38-29-12-5-4-11-28(29)37-34(38)27-10-6-9-26-31-25(8-7-13-30(31)39-33(26)27)22-16-23(35)18-24(36)17-22;1-15(2,3)13-9-10-14(16-11-13)12-7-5-4-6-8-12;/h4-9,11-18H,1-3H3;4-7,9-11H,1-3H3;/q2*-1;. The van der Waals surface area contributed by atoms with Gasteiger partial charge in [-0.1, -0.05) is 52.9 Å². The van der Waals surface area contributed by atoms with Crippen molar-refractivity contribution in [2.75, 3.05) is 0 Å². The second-order valence-corrected chi connectivity index (χ2v) is 25.7. The van der Waals surface area contributed by atoms with Gasteiger partial charge in [0.25, 0.3) is 0 Å². The Balaban J connectivity index is 0.000000238. The van der Waals surface area contributed by atoms with Gasteiger partial charge in [0, 0.05) is 37.2 Å². The van der Waals surface area contributed by atoms with Crippen LogP contribution in [0.2, 0.25) is 17.3 Å². The van der Waals surface area contributed by atoms with E-state index >= 15 is 0 Å². The maximum atomic E-state index is 14.2. The summed E-state index contributed by atoms with van der Waals surface area (Å²) in [6.07, 6.45) is 2.04. The van der Waals surface area contributed by atoms with Crippen LogP contribution in [-0.4, -0.2) is 27.8 Å². The summed E-state index contributed by atoms with van der Waals surface area (Å²) in [4.78, 5) is 9.59. The molecule has 0 aliphatic carbocycles. The summed E-state index contributed by atoms with van der Waals surface area (Å²) in [5.41, 5.74) is 11.6. The summed E-state index contributed by atoms with van der Waals surface area (Å²) in [7, 11) is 0. The number of furan rings is 1. The largest absolute Gasteiger partial charge is 0 e. The molecule has 0 N–H and O–H groups in total. The van der Waals surface area contributed by atoms with Crippen LogP contribution in [0, 0.1) is 44.5 Å². The fraction of sp³-hybridized carbons (Fsp3) is 0.125. The molecule has 0 spiro atoms. The van der Waals surface area contributed by atoms with Crippen LogP contribution in [0.4, 0.5) is 8.78 Å². The summed E-state index contributed by atoms with van der Waals surface area (Å²) in [5, 5.41) is 1.62. The summed E-state index contributed by atoms with van der Waals surface area (Å²) in [5.74, 6) is 6.61. The Morgan fingerprint density at radius 2 is 1.46 bits per heavy atom. The van der Waals surface area contributed by atoms with Gasteiger partial charge in [0.2, 0.25) is 0 Å². The third-order valence-electron chi connectivity index (χ3n) is 9.89. The minimum absolute atomic E-state index is 0. The smallest absolute Gasteiger partial charge is 0 e. The molecule has 56 heavy (non-hydrogen) atoms. The molecule has 9 aromatic rings. The van der Waals surface area contributed by atoms with Crippen LogP contribution in [0.5, 0.6) is 0 Å². The molecular weight excluding hydrogens is 937 g/mol. The number of benzene rings is 6. The fourth-order valence-electron chi connectivity index (χ4n) is 7.40. The van der Waals surface area contributed by atoms with Gasteiger partial charge in [0.15, 0.2) is 0 Å². The minimum Gasteiger partial charge on any atom is 0 e. The molecule has 6 aromatic carbocycles. The Kier molecular flexibility index (Phi) is 11.0. The third-order valence-corrected chi connectivity index (χ3v) is 14.1. The quantitative estimate of drug-likeness (QED) is 0.127. The van der Waals surface area contributed by atoms with Crippen molar-refractivity contribution in [3.05, 3.63) is 168 Å². The second kappa shape index (κ2) is 15.7. The SMILES string of the molecule is Cc1cc(C)c(-n2c(-c3[c-]ccc4c3oc3cccc(-c5cc(F)cc(F)c5)c34)nc3ccccc32)c(C)c1.[CH3][Ge]([CH3])([CH3])[c]1ccc(-c2[c-]cccc2)nc1.[Ir]. The summed E-state index contributed by atoms with van der Waals surface area (Å²) in [6, 6.07) is 44.2. The summed E-state index contributed by atoms with van der Waals surface area (Å²) < 4.78 is 38.4. The molecule has 0 unspecified atom stereocenters. The van der Waals surface area contributed by atoms with Crippen molar-refractivity contribution >= 4 is 50.6 Å². The first-order valence-electron chi connectivity index (χ1n) is 18.3. The molecule has 0 saturated heterocycles. The monoisotopic (exact) mass is 978 g/mol. The normalized spacial score (nSPS) is 11.4. The van der Waals surface area contributed by atoms with E-state index in [2.05, 4.69) is 90.1 Å². The zero-order valence-corrected chi connectivity index (χ0v) is 36.5. The zero-order valence-electron chi connectivity index (χ0n) is 32.0. The minimum atomic E-state index is -1.72. The van der Waals surface area contributed by atoms with Crippen LogP contribution in [0.15, 0.2) is 132 Å². The Morgan fingerprint density at radius 3 is 2.14 bits per heavy atom. The van der Waals surface area contributed by atoms with Crippen molar-refractivity contribution in [2.24, 2.45) is 0 Å². The van der Waals surface area contributed by atoms with E-state index in [1.165, 1.54) is 22.1 Å². The molecule has 281 valence electrons. The zero-order chi connectivity index (χ0) is 38.4. The van der Waals surface area contributed by atoms with Crippen molar-refractivity contribution < 1.29 is 33.3 Å². The Hall–Kier alpha value is -5.21. The maximum absolute atomic E-state index is 14.2. The van der Waals surface area contributed by atoms with Crippen LogP contribution in [0.1, 0.15) is 16.7 Å². The molecule has 0 fully saturated rings. The van der Waals surface area contributed by atoms with E-state index in [1.807, 2.05) is 79.0 Å². The molecule has 1 radical (unpaired) electrons. The van der Waals surface area contributed by atoms with Crippen molar-refractivity contribution in [1.29, 1.82) is 0 Å². The number of hydrogen-bond acceptors (Lipinski definition) is 3. The van der Waals surface area contributed by atoms with Crippen molar-refractivity contribution in [1.82, 2.24) is 14.5 Å². The fourth-order valence-corrected chi connectivity index (χ4v) is 9.57. The third kappa shape index (κ3) is 7.51. The molecule has 3 heterocycles. The van der Waals surface area contributed by atoms with E-state index in [0.29, 0.717) is 28.1 Å². The Bertz CT molecular complexity index is 2820. The number of fused-ring (bicyclic) bond motifs is 4. The molecule has 0 aliphatic heterocycles. The van der Waals surface area contributed by atoms with Gasteiger partial charge in [-0.25, -0.2) is 8.78 Å². The van der Waals surface area contributed by atoms with E-state index in [9.17, 15) is 8.78 Å². The van der Waals surface area contributed by atoms with Crippen molar-refractivity contribution in [3.8, 4) is 39.5 Å². The van der Waals surface area contributed by atoms with E-state index in [0.717, 1.165) is 61.5 Å². The molecule has 0 atom stereocenters. The number of para-hydroxylation sites is 2. The van der Waals surface area contributed by atoms with Crippen LogP contribution < -0.4 is 4.40 Å². The first-order chi connectivity index (χ1) is 26.5. The Morgan fingerprint density at radius 1 is 0.732 bits per heavy atom. The number of imidazole rings is 1. The molecule has 0 bridgehead atoms. The first-order valence-corrected chi connectivity index (χ1v) is 25.6. The number of rotatable bonds is 5. The maximum Gasteiger partial charge on any atom is 0 e. The van der Waals surface area contributed by atoms with Gasteiger partial charge in [-0.2, -0.15) is 0 Å². The van der Waals surface area contributed by atoms with Gasteiger partial charge >= 0.3 is 99.8 Å². The predicted octanol–water partition coefficient (Wildman–Crippen LogP) is 12.4.